The van der Waals surface area contributed by atoms with Gasteiger partial charge >= 0.3 is 0 Å². The summed E-state index contributed by atoms with van der Waals surface area (Å²) in [6, 6.07) is 6.12. The molecule has 0 fully saturated rings. The molecule has 0 aliphatic carbocycles. The average molecular weight is 433 g/mol. The molecule has 3 rings (SSSR count). The van der Waals surface area contributed by atoms with E-state index in [1.807, 2.05) is 13.8 Å². The van der Waals surface area contributed by atoms with E-state index in [9.17, 15) is 18.0 Å². The van der Waals surface area contributed by atoms with Crippen molar-refractivity contribution in [2.24, 2.45) is 11.1 Å². The third-order valence-electron chi connectivity index (χ3n) is 4.59. The number of amides is 1. The van der Waals surface area contributed by atoms with Gasteiger partial charge in [-0.3, -0.25) is 14.2 Å². The van der Waals surface area contributed by atoms with Gasteiger partial charge in [-0.25, -0.2) is 18.5 Å². The van der Waals surface area contributed by atoms with E-state index in [0.717, 1.165) is 5.56 Å². The Labute approximate surface area is 174 Å². The Balaban J connectivity index is 1.77. The van der Waals surface area contributed by atoms with Gasteiger partial charge in [-0.05, 0) is 37.0 Å². The second-order valence-electron chi connectivity index (χ2n) is 7.50. The lowest BCUT2D eigenvalue weighted by atomic mass is 10.1. The van der Waals surface area contributed by atoms with Crippen LogP contribution in [0.2, 0.25) is 0 Å². The van der Waals surface area contributed by atoms with Gasteiger partial charge < -0.3 is 9.73 Å². The summed E-state index contributed by atoms with van der Waals surface area (Å²) in [5.74, 6) is 0.147. The number of hydrogen-bond acceptors (Lipinski definition) is 6. The molecule has 3 aromatic rings. The van der Waals surface area contributed by atoms with Gasteiger partial charge in [-0.1, -0.05) is 26.0 Å². The number of furan rings is 1. The van der Waals surface area contributed by atoms with E-state index < -0.39 is 15.9 Å². The molecule has 0 atom stereocenters. The molecule has 0 aliphatic heterocycles. The van der Waals surface area contributed by atoms with Crippen molar-refractivity contribution in [3.8, 4) is 0 Å². The van der Waals surface area contributed by atoms with E-state index in [2.05, 4.69) is 10.3 Å². The van der Waals surface area contributed by atoms with Crippen LogP contribution >= 0.6 is 0 Å². The number of fused-ring (bicyclic) bond motifs is 1. The quantitative estimate of drug-likeness (QED) is 0.581. The average Bonchev–Trinajstić information content (AvgIpc) is 3.00. The third-order valence-corrected chi connectivity index (χ3v) is 5.52. The lowest BCUT2D eigenvalue weighted by Crippen LogP contribution is -2.29. The second kappa shape index (κ2) is 8.41. The summed E-state index contributed by atoms with van der Waals surface area (Å²) in [7, 11) is -3.74. The highest BCUT2D eigenvalue weighted by Crippen LogP contribution is 2.21. The molecule has 0 bridgehead atoms. The van der Waals surface area contributed by atoms with E-state index in [1.54, 1.807) is 19.1 Å². The van der Waals surface area contributed by atoms with Gasteiger partial charge in [0.1, 0.15) is 17.5 Å². The number of rotatable bonds is 7. The summed E-state index contributed by atoms with van der Waals surface area (Å²) in [4.78, 5) is 29.8. The molecule has 3 N–H and O–H groups in total. The van der Waals surface area contributed by atoms with Crippen molar-refractivity contribution < 1.29 is 17.6 Å². The first-order valence-electron chi connectivity index (χ1n) is 9.46. The molecular weight excluding hydrogens is 408 g/mol. The number of nitrogens with one attached hydrogen (secondary N) is 1. The van der Waals surface area contributed by atoms with E-state index in [0.29, 0.717) is 25.3 Å². The van der Waals surface area contributed by atoms with E-state index >= 15 is 0 Å². The van der Waals surface area contributed by atoms with Crippen molar-refractivity contribution in [3.05, 3.63) is 57.8 Å². The number of nitrogens with zero attached hydrogens (tertiary/aromatic N) is 2. The van der Waals surface area contributed by atoms with Crippen LogP contribution in [0.3, 0.4) is 0 Å². The highest BCUT2D eigenvalue weighted by atomic mass is 32.2. The predicted octanol–water partition coefficient (Wildman–Crippen LogP) is 1.57. The largest absolute Gasteiger partial charge is 0.442 e. The van der Waals surface area contributed by atoms with E-state index in [-0.39, 0.29) is 33.0 Å². The van der Waals surface area contributed by atoms with Crippen molar-refractivity contribution in [1.82, 2.24) is 14.9 Å². The molecular formula is C20H24N4O5S. The van der Waals surface area contributed by atoms with Crippen LogP contribution in [0, 0.1) is 12.8 Å². The number of aryl methyl sites for hydroxylation is 1. The maximum absolute atomic E-state index is 12.8. The van der Waals surface area contributed by atoms with Gasteiger partial charge in [-0.2, -0.15) is 0 Å². The van der Waals surface area contributed by atoms with Crippen LogP contribution in [0.4, 0.5) is 0 Å². The van der Waals surface area contributed by atoms with Gasteiger partial charge in [0.25, 0.3) is 11.5 Å². The summed E-state index contributed by atoms with van der Waals surface area (Å²) < 4.78 is 29.6. The normalized spacial score (nSPS) is 11.9. The highest BCUT2D eigenvalue weighted by molar-refractivity contribution is 7.89. The van der Waals surface area contributed by atoms with Crippen molar-refractivity contribution in [3.63, 3.8) is 0 Å². The maximum Gasteiger partial charge on any atom is 0.265 e. The van der Waals surface area contributed by atoms with Gasteiger partial charge in [0.15, 0.2) is 0 Å². The van der Waals surface area contributed by atoms with Gasteiger partial charge in [0.05, 0.1) is 10.5 Å². The minimum atomic E-state index is -3.74. The zero-order valence-corrected chi connectivity index (χ0v) is 17.8. The van der Waals surface area contributed by atoms with E-state index in [1.165, 1.54) is 23.0 Å². The van der Waals surface area contributed by atoms with Crippen LogP contribution in [-0.2, 0) is 23.0 Å². The molecule has 160 valence electrons. The number of hydrogen-bond donors (Lipinski definition) is 2. The maximum atomic E-state index is 12.8. The molecule has 0 unspecified atom stereocenters. The molecule has 0 saturated heterocycles. The topological polar surface area (TPSA) is 137 Å². The lowest BCUT2D eigenvalue weighted by molar-refractivity contribution is 0.0954. The smallest absolute Gasteiger partial charge is 0.265 e. The molecule has 2 aromatic heterocycles. The van der Waals surface area contributed by atoms with Crippen LogP contribution in [-0.4, -0.2) is 30.4 Å². The fourth-order valence-corrected chi connectivity index (χ4v) is 3.70. The van der Waals surface area contributed by atoms with Gasteiger partial charge in [-0.15, -0.1) is 0 Å². The summed E-state index contributed by atoms with van der Waals surface area (Å²) in [5, 5.41) is 8.04. The molecule has 0 saturated carbocycles. The summed E-state index contributed by atoms with van der Waals surface area (Å²) in [6.45, 7) is 6.37. The SMILES string of the molecule is Cc1oc2ncn(CC(C)C)c(=O)c2c1C(=O)NCCc1ccc(S(N)(=O)=O)cc1. The lowest BCUT2D eigenvalue weighted by Gasteiger charge is -2.08. The van der Waals surface area contributed by atoms with Crippen LogP contribution < -0.4 is 16.0 Å². The fourth-order valence-electron chi connectivity index (χ4n) is 3.19. The Bertz CT molecular complexity index is 1240. The number of primary sulfonamides is 1. The monoisotopic (exact) mass is 432 g/mol. The van der Waals surface area contributed by atoms with Crippen molar-refractivity contribution >= 4 is 27.0 Å². The number of nitrogens with two attached hydrogens (primary N) is 1. The number of aromatic nitrogens is 2. The summed E-state index contributed by atoms with van der Waals surface area (Å²) in [5.41, 5.74) is 0.845. The van der Waals surface area contributed by atoms with Crippen LogP contribution in [0.25, 0.3) is 11.1 Å². The first-order chi connectivity index (χ1) is 14.1. The van der Waals surface area contributed by atoms with E-state index in [4.69, 9.17) is 9.56 Å². The fraction of sp³-hybridized carbons (Fsp3) is 0.350. The number of benzene rings is 1. The number of carbonyl (C=O) groups is 1. The second-order valence-corrected chi connectivity index (χ2v) is 9.07. The molecule has 10 heteroatoms. The zero-order valence-electron chi connectivity index (χ0n) is 17.0. The molecule has 0 spiro atoms. The van der Waals surface area contributed by atoms with Crippen LogP contribution in [0.15, 0.2) is 44.7 Å². The molecule has 0 radical (unpaired) electrons. The van der Waals surface area contributed by atoms with Crippen molar-refractivity contribution in [1.29, 1.82) is 0 Å². The molecule has 9 nitrogen and oxygen atoms in total. The molecule has 0 aliphatic rings. The Morgan fingerprint density at radius 3 is 2.53 bits per heavy atom. The molecule has 1 amide bonds. The third kappa shape index (κ3) is 4.60. The van der Waals surface area contributed by atoms with Gasteiger partial charge in [0, 0.05) is 13.1 Å². The van der Waals surface area contributed by atoms with Crippen molar-refractivity contribution in [2.75, 3.05) is 6.54 Å². The Morgan fingerprint density at radius 2 is 1.93 bits per heavy atom. The zero-order chi connectivity index (χ0) is 22.1. The van der Waals surface area contributed by atoms with Gasteiger partial charge in [0.2, 0.25) is 15.7 Å². The highest BCUT2D eigenvalue weighted by Gasteiger charge is 2.22. The standard InChI is InChI=1S/C20H24N4O5S/c1-12(2)10-24-11-23-19-17(20(24)26)16(13(3)29-19)18(25)22-9-8-14-4-6-15(7-5-14)30(21,27)28/h4-7,11-12H,8-10H2,1-3H3,(H,22,25)(H2,21,27,28). The Hall–Kier alpha value is -2.98. The number of carbonyl (C=O) groups excluding carboxylic acids is 1. The Morgan fingerprint density at radius 1 is 1.27 bits per heavy atom. The number of sulfonamides is 1. The van der Waals surface area contributed by atoms with Crippen LogP contribution in [0.1, 0.15) is 35.5 Å². The van der Waals surface area contributed by atoms with Crippen LogP contribution in [0.5, 0.6) is 0 Å². The predicted molar refractivity (Wildman–Crippen MR) is 112 cm³/mol. The summed E-state index contributed by atoms with van der Waals surface area (Å²) in [6.07, 6.45) is 1.90. The first-order valence-corrected chi connectivity index (χ1v) is 11.0. The molecule has 1 aromatic carbocycles. The summed E-state index contributed by atoms with van der Waals surface area (Å²) >= 11 is 0. The van der Waals surface area contributed by atoms with Crippen molar-refractivity contribution in [2.45, 2.75) is 38.6 Å². The molecule has 2 heterocycles. The minimum absolute atomic E-state index is 0.0287. The Kier molecular flexibility index (Phi) is 6.09. The molecule has 30 heavy (non-hydrogen) atoms. The first kappa shape index (κ1) is 21.7. The minimum Gasteiger partial charge on any atom is -0.442 e.